The molecule has 0 aromatic heterocycles. The second-order valence-electron chi connectivity index (χ2n) is 5.24. The van der Waals surface area contributed by atoms with Gasteiger partial charge < -0.3 is 15.4 Å². The highest BCUT2D eigenvalue weighted by molar-refractivity contribution is 4.70. The second-order valence-corrected chi connectivity index (χ2v) is 5.24. The van der Waals surface area contributed by atoms with Gasteiger partial charge in [0, 0.05) is 13.2 Å². The third-order valence-corrected chi connectivity index (χ3v) is 2.93. The molecule has 1 fully saturated rings. The SMILES string of the molecule is CC(C)COCCCNCC1CCCNC1. The summed E-state index contributed by atoms with van der Waals surface area (Å²) in [4.78, 5) is 0. The summed E-state index contributed by atoms with van der Waals surface area (Å²) in [5.74, 6) is 1.49. The van der Waals surface area contributed by atoms with Gasteiger partial charge in [-0.05, 0) is 57.3 Å². The van der Waals surface area contributed by atoms with Crippen molar-refractivity contribution in [3.8, 4) is 0 Å². The van der Waals surface area contributed by atoms with Crippen molar-refractivity contribution in [3.63, 3.8) is 0 Å². The first-order valence-corrected chi connectivity index (χ1v) is 6.78. The molecule has 1 aliphatic rings. The number of hydrogen-bond acceptors (Lipinski definition) is 3. The maximum absolute atomic E-state index is 5.53. The Balaban J connectivity index is 1.80. The molecule has 0 bridgehead atoms. The zero-order chi connectivity index (χ0) is 11.6. The van der Waals surface area contributed by atoms with Crippen LogP contribution in [0.2, 0.25) is 0 Å². The van der Waals surface area contributed by atoms with Crippen LogP contribution in [0.25, 0.3) is 0 Å². The van der Waals surface area contributed by atoms with Crippen molar-refractivity contribution < 1.29 is 4.74 Å². The van der Waals surface area contributed by atoms with Crippen molar-refractivity contribution in [1.29, 1.82) is 0 Å². The van der Waals surface area contributed by atoms with Crippen LogP contribution in [0.3, 0.4) is 0 Å². The molecular weight excluding hydrogens is 200 g/mol. The summed E-state index contributed by atoms with van der Waals surface area (Å²) < 4.78 is 5.53. The third kappa shape index (κ3) is 7.20. The molecule has 0 aromatic carbocycles. The maximum atomic E-state index is 5.53. The van der Waals surface area contributed by atoms with E-state index in [1.807, 2.05) is 0 Å². The third-order valence-electron chi connectivity index (χ3n) is 2.93. The molecule has 3 nitrogen and oxygen atoms in total. The zero-order valence-corrected chi connectivity index (χ0v) is 10.9. The normalized spacial score (nSPS) is 21.6. The van der Waals surface area contributed by atoms with E-state index in [1.54, 1.807) is 0 Å². The highest BCUT2D eigenvalue weighted by Gasteiger charge is 2.11. The van der Waals surface area contributed by atoms with Crippen LogP contribution >= 0.6 is 0 Å². The van der Waals surface area contributed by atoms with Gasteiger partial charge in [0.25, 0.3) is 0 Å². The summed E-state index contributed by atoms with van der Waals surface area (Å²) in [6.07, 6.45) is 3.85. The van der Waals surface area contributed by atoms with E-state index in [9.17, 15) is 0 Å². The Hall–Kier alpha value is -0.120. The lowest BCUT2D eigenvalue weighted by Gasteiger charge is -2.22. The highest BCUT2D eigenvalue weighted by Crippen LogP contribution is 2.07. The molecule has 2 N–H and O–H groups in total. The van der Waals surface area contributed by atoms with Gasteiger partial charge in [0.05, 0.1) is 0 Å². The Morgan fingerprint density at radius 2 is 2.31 bits per heavy atom. The van der Waals surface area contributed by atoms with Crippen LogP contribution in [0.5, 0.6) is 0 Å². The van der Waals surface area contributed by atoms with Crippen molar-refractivity contribution >= 4 is 0 Å². The predicted octanol–water partition coefficient (Wildman–Crippen LogP) is 1.64. The summed E-state index contributed by atoms with van der Waals surface area (Å²) in [6, 6.07) is 0. The minimum atomic E-state index is 0.654. The van der Waals surface area contributed by atoms with Gasteiger partial charge in [-0.15, -0.1) is 0 Å². The van der Waals surface area contributed by atoms with Crippen LogP contribution in [-0.4, -0.2) is 39.4 Å². The maximum Gasteiger partial charge on any atom is 0.0489 e. The fourth-order valence-corrected chi connectivity index (χ4v) is 2.02. The van der Waals surface area contributed by atoms with Gasteiger partial charge in [-0.25, -0.2) is 0 Å². The largest absolute Gasteiger partial charge is 0.381 e. The van der Waals surface area contributed by atoms with E-state index in [4.69, 9.17) is 4.74 Å². The molecular formula is C13H28N2O. The van der Waals surface area contributed by atoms with Crippen molar-refractivity contribution in [3.05, 3.63) is 0 Å². The van der Waals surface area contributed by atoms with Gasteiger partial charge in [-0.3, -0.25) is 0 Å². The fourth-order valence-electron chi connectivity index (χ4n) is 2.02. The average Bonchev–Trinajstić information content (AvgIpc) is 2.29. The number of hydrogen-bond donors (Lipinski definition) is 2. The smallest absolute Gasteiger partial charge is 0.0489 e. The monoisotopic (exact) mass is 228 g/mol. The van der Waals surface area contributed by atoms with E-state index in [0.29, 0.717) is 5.92 Å². The zero-order valence-electron chi connectivity index (χ0n) is 10.9. The first kappa shape index (κ1) is 13.9. The molecule has 1 atom stereocenters. The van der Waals surface area contributed by atoms with Gasteiger partial charge in [0.1, 0.15) is 0 Å². The van der Waals surface area contributed by atoms with E-state index in [2.05, 4.69) is 24.5 Å². The quantitative estimate of drug-likeness (QED) is 0.620. The lowest BCUT2D eigenvalue weighted by atomic mass is 10.00. The lowest BCUT2D eigenvalue weighted by Crippen LogP contribution is -2.36. The van der Waals surface area contributed by atoms with Crippen molar-refractivity contribution in [1.82, 2.24) is 10.6 Å². The molecule has 96 valence electrons. The number of ether oxygens (including phenoxy) is 1. The first-order chi connectivity index (χ1) is 7.79. The van der Waals surface area contributed by atoms with E-state index in [-0.39, 0.29) is 0 Å². The molecule has 0 saturated carbocycles. The number of piperidine rings is 1. The summed E-state index contributed by atoms with van der Waals surface area (Å²) >= 11 is 0. The summed E-state index contributed by atoms with van der Waals surface area (Å²) in [6.45, 7) is 10.8. The first-order valence-electron chi connectivity index (χ1n) is 6.78. The molecule has 0 aromatic rings. The van der Waals surface area contributed by atoms with Crippen LogP contribution in [0.4, 0.5) is 0 Å². The van der Waals surface area contributed by atoms with E-state index >= 15 is 0 Å². The number of rotatable bonds is 8. The standard InChI is InChI=1S/C13H28N2O/c1-12(2)11-16-8-4-7-15-10-13-5-3-6-14-9-13/h12-15H,3-11H2,1-2H3. The van der Waals surface area contributed by atoms with Crippen molar-refractivity contribution in [2.75, 3.05) is 39.4 Å². The summed E-state index contributed by atoms with van der Waals surface area (Å²) in [5.41, 5.74) is 0. The average molecular weight is 228 g/mol. The van der Waals surface area contributed by atoms with Crippen molar-refractivity contribution in [2.45, 2.75) is 33.1 Å². The van der Waals surface area contributed by atoms with Gasteiger partial charge >= 0.3 is 0 Å². The summed E-state index contributed by atoms with van der Waals surface area (Å²) in [7, 11) is 0. The Morgan fingerprint density at radius 1 is 1.44 bits per heavy atom. The van der Waals surface area contributed by atoms with E-state index in [1.165, 1.54) is 25.9 Å². The van der Waals surface area contributed by atoms with E-state index in [0.717, 1.165) is 38.6 Å². The van der Waals surface area contributed by atoms with Crippen LogP contribution in [0.1, 0.15) is 33.1 Å². The highest BCUT2D eigenvalue weighted by atomic mass is 16.5. The van der Waals surface area contributed by atoms with Gasteiger partial charge in [-0.1, -0.05) is 13.8 Å². The van der Waals surface area contributed by atoms with Gasteiger partial charge in [-0.2, -0.15) is 0 Å². The minimum Gasteiger partial charge on any atom is -0.381 e. The van der Waals surface area contributed by atoms with Crippen LogP contribution < -0.4 is 10.6 Å². The molecule has 1 unspecified atom stereocenters. The Morgan fingerprint density at radius 3 is 3.00 bits per heavy atom. The van der Waals surface area contributed by atoms with Crippen LogP contribution in [-0.2, 0) is 4.74 Å². The molecule has 3 heteroatoms. The Labute approximate surface area is 100 Å². The topological polar surface area (TPSA) is 33.3 Å². The van der Waals surface area contributed by atoms with Crippen molar-refractivity contribution in [2.24, 2.45) is 11.8 Å². The molecule has 1 aliphatic heterocycles. The summed E-state index contributed by atoms with van der Waals surface area (Å²) in [5, 5.41) is 6.97. The van der Waals surface area contributed by atoms with Gasteiger partial charge in [0.2, 0.25) is 0 Å². The molecule has 16 heavy (non-hydrogen) atoms. The molecule has 1 saturated heterocycles. The predicted molar refractivity (Wildman–Crippen MR) is 68.7 cm³/mol. The van der Waals surface area contributed by atoms with Crippen LogP contribution in [0, 0.1) is 11.8 Å². The Bertz CT molecular complexity index is 156. The number of nitrogens with one attached hydrogen (secondary N) is 2. The minimum absolute atomic E-state index is 0.654. The Kier molecular flexibility index (Phi) is 7.81. The molecule has 0 aliphatic carbocycles. The second kappa shape index (κ2) is 8.97. The molecule has 1 rings (SSSR count). The van der Waals surface area contributed by atoms with Crippen LogP contribution in [0.15, 0.2) is 0 Å². The molecule has 0 radical (unpaired) electrons. The molecule has 0 spiro atoms. The fraction of sp³-hybridized carbons (Fsp3) is 1.00. The van der Waals surface area contributed by atoms with E-state index < -0.39 is 0 Å². The molecule has 1 heterocycles. The van der Waals surface area contributed by atoms with Gasteiger partial charge in [0.15, 0.2) is 0 Å². The lowest BCUT2D eigenvalue weighted by molar-refractivity contribution is 0.107. The molecule has 0 amide bonds.